The van der Waals surface area contributed by atoms with Gasteiger partial charge in [0, 0.05) is 5.69 Å². The van der Waals surface area contributed by atoms with Gasteiger partial charge in [0.1, 0.15) is 17.7 Å². The van der Waals surface area contributed by atoms with Crippen LogP contribution in [0.25, 0.3) is 0 Å². The molecule has 5 nitrogen and oxygen atoms in total. The average Bonchev–Trinajstić information content (AvgIpc) is 2.36. The summed E-state index contributed by atoms with van der Waals surface area (Å²) in [5, 5.41) is 8.87. The largest absolute Gasteiger partial charge is 0.467 e. The van der Waals surface area contributed by atoms with Crippen LogP contribution in [0.4, 0.5) is 0 Å². The van der Waals surface area contributed by atoms with Gasteiger partial charge in [0.25, 0.3) is 5.56 Å². The van der Waals surface area contributed by atoms with Crippen LogP contribution in [0.3, 0.4) is 0 Å². The maximum atomic E-state index is 12.1. The van der Waals surface area contributed by atoms with Gasteiger partial charge in [-0.15, -0.1) is 0 Å². The highest BCUT2D eigenvalue weighted by Gasteiger charge is 2.22. The number of rotatable bonds is 3. The second-order valence-corrected chi connectivity index (χ2v) is 4.31. The van der Waals surface area contributed by atoms with Gasteiger partial charge in [-0.25, -0.2) is 4.79 Å². The van der Waals surface area contributed by atoms with Gasteiger partial charge in [0.05, 0.1) is 7.11 Å². The number of aromatic nitrogens is 1. The van der Waals surface area contributed by atoms with Gasteiger partial charge in [-0.3, -0.25) is 9.36 Å². The molecule has 1 aromatic rings. The van der Waals surface area contributed by atoms with Gasteiger partial charge in [0.2, 0.25) is 0 Å². The zero-order valence-electron chi connectivity index (χ0n) is 10.9. The number of ether oxygens (including phenoxy) is 1. The van der Waals surface area contributed by atoms with Crippen LogP contribution in [0.5, 0.6) is 0 Å². The first-order chi connectivity index (χ1) is 8.43. The zero-order chi connectivity index (χ0) is 13.9. The molecule has 1 rings (SSSR count). The van der Waals surface area contributed by atoms with Crippen LogP contribution < -0.4 is 5.56 Å². The maximum Gasteiger partial charge on any atom is 0.328 e. The predicted molar refractivity (Wildman–Crippen MR) is 66.2 cm³/mol. The number of pyridine rings is 1. The van der Waals surface area contributed by atoms with E-state index in [1.165, 1.54) is 17.7 Å². The molecule has 0 aliphatic rings. The molecule has 0 saturated heterocycles. The molecule has 0 aliphatic carbocycles. The van der Waals surface area contributed by atoms with Crippen molar-refractivity contribution in [2.45, 2.75) is 32.7 Å². The normalized spacial score (nSPS) is 12.0. The smallest absolute Gasteiger partial charge is 0.328 e. The summed E-state index contributed by atoms with van der Waals surface area (Å²) in [6.45, 7) is 5.42. The number of hydrogen-bond acceptors (Lipinski definition) is 4. The quantitative estimate of drug-likeness (QED) is 0.761. The SMILES string of the molecule is COC(=O)C(C)n1c(C(C)C)ccc(C#N)c1=O. The van der Waals surface area contributed by atoms with Gasteiger partial charge < -0.3 is 4.74 Å². The number of nitrogens with zero attached hydrogens (tertiary/aromatic N) is 2. The molecule has 18 heavy (non-hydrogen) atoms. The minimum Gasteiger partial charge on any atom is -0.467 e. The maximum absolute atomic E-state index is 12.1. The van der Waals surface area contributed by atoms with Gasteiger partial charge >= 0.3 is 5.97 Å². The molecule has 0 aromatic carbocycles. The van der Waals surface area contributed by atoms with Crippen molar-refractivity contribution in [2.75, 3.05) is 7.11 Å². The molecule has 0 radical (unpaired) electrons. The molecule has 1 heterocycles. The molecule has 5 heteroatoms. The van der Waals surface area contributed by atoms with Crippen LogP contribution in [0.2, 0.25) is 0 Å². The molecular weight excluding hydrogens is 232 g/mol. The zero-order valence-corrected chi connectivity index (χ0v) is 10.9. The van der Waals surface area contributed by atoms with Crippen molar-refractivity contribution in [3.8, 4) is 6.07 Å². The van der Waals surface area contributed by atoms with Gasteiger partial charge in [-0.1, -0.05) is 13.8 Å². The van der Waals surface area contributed by atoms with Crippen LogP contribution in [0.15, 0.2) is 16.9 Å². The summed E-state index contributed by atoms with van der Waals surface area (Å²) >= 11 is 0. The molecule has 1 unspecified atom stereocenters. The number of hydrogen-bond donors (Lipinski definition) is 0. The Morgan fingerprint density at radius 2 is 2.00 bits per heavy atom. The van der Waals surface area contributed by atoms with Crippen molar-refractivity contribution in [3.05, 3.63) is 33.7 Å². The third-order valence-electron chi connectivity index (χ3n) is 2.79. The Morgan fingerprint density at radius 1 is 1.39 bits per heavy atom. The molecule has 0 aliphatic heterocycles. The molecule has 0 saturated carbocycles. The lowest BCUT2D eigenvalue weighted by molar-refractivity contribution is -0.144. The van der Waals surface area contributed by atoms with E-state index in [1.54, 1.807) is 13.0 Å². The third kappa shape index (κ3) is 2.43. The molecule has 0 N–H and O–H groups in total. The van der Waals surface area contributed by atoms with E-state index in [0.717, 1.165) is 0 Å². The highest BCUT2D eigenvalue weighted by molar-refractivity contribution is 5.73. The summed E-state index contributed by atoms with van der Waals surface area (Å²) in [6.07, 6.45) is 0. The summed E-state index contributed by atoms with van der Waals surface area (Å²) in [5.41, 5.74) is 0.272. The van der Waals surface area contributed by atoms with E-state index in [2.05, 4.69) is 4.74 Å². The molecule has 0 spiro atoms. The van der Waals surface area contributed by atoms with Crippen molar-refractivity contribution in [3.63, 3.8) is 0 Å². The fourth-order valence-corrected chi connectivity index (χ4v) is 1.80. The van der Waals surface area contributed by atoms with Crippen LogP contribution in [-0.2, 0) is 9.53 Å². The van der Waals surface area contributed by atoms with Crippen molar-refractivity contribution in [1.82, 2.24) is 4.57 Å². The van der Waals surface area contributed by atoms with Crippen LogP contribution >= 0.6 is 0 Å². The topological polar surface area (TPSA) is 72.1 Å². The number of nitriles is 1. The minimum absolute atomic E-state index is 0.0233. The summed E-state index contributed by atoms with van der Waals surface area (Å²) < 4.78 is 5.98. The lowest BCUT2D eigenvalue weighted by Crippen LogP contribution is -2.33. The molecule has 0 amide bonds. The highest BCUT2D eigenvalue weighted by atomic mass is 16.5. The minimum atomic E-state index is -0.742. The fourth-order valence-electron chi connectivity index (χ4n) is 1.80. The lowest BCUT2D eigenvalue weighted by atomic mass is 10.1. The van der Waals surface area contributed by atoms with Crippen LogP contribution in [0, 0.1) is 11.3 Å². The Morgan fingerprint density at radius 3 is 2.44 bits per heavy atom. The van der Waals surface area contributed by atoms with E-state index >= 15 is 0 Å². The Balaban J connectivity index is 3.52. The predicted octanol–water partition coefficient (Wildman–Crippen LogP) is 1.58. The molecule has 1 aromatic heterocycles. The number of methoxy groups -OCH3 is 1. The second kappa shape index (κ2) is 5.50. The van der Waals surface area contributed by atoms with Crippen molar-refractivity contribution in [2.24, 2.45) is 0 Å². The number of carbonyl (C=O) groups is 1. The van der Waals surface area contributed by atoms with E-state index in [-0.39, 0.29) is 11.5 Å². The summed E-state index contributed by atoms with van der Waals surface area (Å²) in [6, 6.07) is 4.27. The Kier molecular flexibility index (Phi) is 4.27. The molecule has 0 fully saturated rings. The standard InChI is InChI=1S/C13H16N2O3/c1-8(2)11-6-5-10(7-14)12(16)15(11)9(3)13(17)18-4/h5-6,8-9H,1-4H3. The fraction of sp³-hybridized carbons (Fsp3) is 0.462. The second-order valence-electron chi connectivity index (χ2n) is 4.31. The van der Waals surface area contributed by atoms with Crippen molar-refractivity contribution in [1.29, 1.82) is 5.26 Å². The number of esters is 1. The number of carbonyl (C=O) groups excluding carboxylic acids is 1. The molecule has 1 atom stereocenters. The van der Waals surface area contributed by atoms with Gasteiger partial charge in [0.15, 0.2) is 0 Å². The Bertz CT molecular complexity index is 552. The van der Waals surface area contributed by atoms with Gasteiger partial charge in [-0.2, -0.15) is 5.26 Å². The highest BCUT2D eigenvalue weighted by Crippen LogP contribution is 2.17. The van der Waals surface area contributed by atoms with Crippen LogP contribution in [0.1, 0.15) is 44.0 Å². The summed E-state index contributed by atoms with van der Waals surface area (Å²) in [5.74, 6) is -0.438. The summed E-state index contributed by atoms with van der Waals surface area (Å²) in [4.78, 5) is 23.7. The average molecular weight is 248 g/mol. The lowest BCUT2D eigenvalue weighted by Gasteiger charge is -2.20. The van der Waals surface area contributed by atoms with Crippen molar-refractivity contribution >= 4 is 5.97 Å². The van der Waals surface area contributed by atoms with E-state index in [9.17, 15) is 9.59 Å². The summed E-state index contributed by atoms with van der Waals surface area (Å²) in [7, 11) is 1.27. The van der Waals surface area contributed by atoms with E-state index in [0.29, 0.717) is 5.69 Å². The monoisotopic (exact) mass is 248 g/mol. The van der Waals surface area contributed by atoms with Crippen molar-refractivity contribution < 1.29 is 9.53 Å². The Labute approximate surface area is 106 Å². The molecule has 96 valence electrons. The first kappa shape index (κ1) is 14.0. The van der Waals surface area contributed by atoms with Gasteiger partial charge in [-0.05, 0) is 25.0 Å². The first-order valence-electron chi connectivity index (χ1n) is 5.67. The van der Waals surface area contributed by atoms with E-state index < -0.39 is 17.6 Å². The molecule has 0 bridgehead atoms. The van der Waals surface area contributed by atoms with E-state index in [4.69, 9.17) is 5.26 Å². The van der Waals surface area contributed by atoms with Crippen LogP contribution in [-0.4, -0.2) is 17.6 Å². The first-order valence-corrected chi connectivity index (χ1v) is 5.67. The Hall–Kier alpha value is -2.09. The van der Waals surface area contributed by atoms with E-state index in [1.807, 2.05) is 19.9 Å². The third-order valence-corrected chi connectivity index (χ3v) is 2.79. The molecular formula is C13H16N2O3.